The molecule has 1 aromatic rings. The van der Waals surface area contributed by atoms with Crippen LogP contribution < -0.4 is 0 Å². The van der Waals surface area contributed by atoms with Crippen LogP contribution in [0.5, 0.6) is 0 Å². The summed E-state index contributed by atoms with van der Waals surface area (Å²) in [5.41, 5.74) is 0.0893. The summed E-state index contributed by atoms with van der Waals surface area (Å²) in [6.45, 7) is 2.71. The number of carbonyl (C=O) groups excluding carboxylic acids is 1. The van der Waals surface area contributed by atoms with Gasteiger partial charge in [0.1, 0.15) is 5.82 Å². The highest BCUT2D eigenvalue weighted by Crippen LogP contribution is 2.12. The van der Waals surface area contributed by atoms with E-state index in [1.807, 2.05) is 4.90 Å². The number of piperazine rings is 1. The van der Waals surface area contributed by atoms with Gasteiger partial charge in [-0.3, -0.25) is 14.5 Å². The number of benzene rings is 1. The number of nitrogens with zero attached hydrogens (tertiary/aromatic N) is 2. The number of carboxylic acid groups (broad SMARTS) is 1. The van der Waals surface area contributed by atoms with Gasteiger partial charge in [-0.2, -0.15) is 0 Å². The lowest BCUT2D eigenvalue weighted by Crippen LogP contribution is -2.49. The Labute approximate surface area is 116 Å². The Hall–Kier alpha value is -1.95. The molecule has 20 heavy (non-hydrogen) atoms. The van der Waals surface area contributed by atoms with E-state index < -0.39 is 11.8 Å². The fourth-order valence-corrected chi connectivity index (χ4v) is 2.23. The Morgan fingerprint density at radius 2 is 1.80 bits per heavy atom. The number of halogens is 1. The zero-order valence-electron chi connectivity index (χ0n) is 11.1. The summed E-state index contributed by atoms with van der Waals surface area (Å²) >= 11 is 0. The van der Waals surface area contributed by atoms with Crippen LogP contribution in [0.2, 0.25) is 0 Å². The van der Waals surface area contributed by atoms with Gasteiger partial charge in [0.2, 0.25) is 0 Å². The van der Waals surface area contributed by atoms with Crippen LogP contribution in [0.25, 0.3) is 0 Å². The van der Waals surface area contributed by atoms with E-state index >= 15 is 0 Å². The molecule has 0 bridgehead atoms. The first-order valence-electron chi connectivity index (χ1n) is 6.56. The minimum Gasteiger partial charge on any atom is -0.481 e. The van der Waals surface area contributed by atoms with Gasteiger partial charge in [-0.1, -0.05) is 12.1 Å². The topological polar surface area (TPSA) is 60.9 Å². The van der Waals surface area contributed by atoms with Gasteiger partial charge >= 0.3 is 5.97 Å². The number of aliphatic carboxylic acids is 1. The van der Waals surface area contributed by atoms with E-state index in [1.54, 1.807) is 17.0 Å². The van der Waals surface area contributed by atoms with Crippen LogP contribution in [0.1, 0.15) is 16.8 Å². The second kappa shape index (κ2) is 6.47. The van der Waals surface area contributed by atoms with Crippen molar-refractivity contribution < 1.29 is 19.1 Å². The van der Waals surface area contributed by atoms with E-state index in [2.05, 4.69) is 0 Å². The molecule has 0 aliphatic carbocycles. The van der Waals surface area contributed by atoms with E-state index in [0.29, 0.717) is 32.7 Å². The molecule has 0 unspecified atom stereocenters. The third kappa shape index (κ3) is 3.54. The predicted octanol–water partition coefficient (Wildman–Crippen LogP) is 1.06. The SMILES string of the molecule is O=C(O)CCN1CCN(C(=O)c2ccccc2F)CC1. The van der Waals surface area contributed by atoms with Crippen LogP contribution in [0, 0.1) is 5.82 Å². The van der Waals surface area contributed by atoms with Gasteiger partial charge in [-0.25, -0.2) is 4.39 Å². The van der Waals surface area contributed by atoms with Crippen LogP contribution in [0.4, 0.5) is 4.39 Å². The largest absolute Gasteiger partial charge is 0.481 e. The summed E-state index contributed by atoms with van der Waals surface area (Å²) in [7, 11) is 0. The molecule has 1 aliphatic rings. The molecule has 1 fully saturated rings. The number of amides is 1. The minimum absolute atomic E-state index is 0.0893. The Kier molecular flexibility index (Phi) is 4.68. The van der Waals surface area contributed by atoms with Crippen molar-refractivity contribution in [1.82, 2.24) is 9.80 Å². The maximum absolute atomic E-state index is 13.6. The first-order valence-corrected chi connectivity index (χ1v) is 6.56. The van der Waals surface area contributed by atoms with Crippen molar-refractivity contribution in [2.75, 3.05) is 32.7 Å². The van der Waals surface area contributed by atoms with Gasteiger partial charge in [0.05, 0.1) is 12.0 Å². The van der Waals surface area contributed by atoms with Crippen LogP contribution in [0.15, 0.2) is 24.3 Å². The molecular weight excluding hydrogens is 263 g/mol. The summed E-state index contributed by atoms with van der Waals surface area (Å²) < 4.78 is 13.6. The van der Waals surface area contributed by atoms with Crippen molar-refractivity contribution in [1.29, 1.82) is 0 Å². The third-order valence-corrected chi connectivity index (χ3v) is 3.41. The Morgan fingerprint density at radius 1 is 1.15 bits per heavy atom. The maximum atomic E-state index is 13.6. The summed E-state index contributed by atoms with van der Waals surface area (Å²) in [5.74, 6) is -1.64. The number of hydrogen-bond donors (Lipinski definition) is 1. The molecule has 0 atom stereocenters. The van der Waals surface area contributed by atoms with Crippen LogP contribution in [-0.2, 0) is 4.79 Å². The van der Waals surface area contributed by atoms with E-state index in [1.165, 1.54) is 12.1 Å². The standard InChI is InChI=1S/C14H17FN2O3/c15-12-4-2-1-3-11(12)14(20)17-9-7-16(8-10-17)6-5-13(18)19/h1-4H,5-10H2,(H,18,19). The summed E-state index contributed by atoms with van der Waals surface area (Å²) in [5, 5.41) is 8.63. The zero-order valence-corrected chi connectivity index (χ0v) is 11.1. The normalized spacial score (nSPS) is 16.1. The molecule has 0 spiro atoms. The second-order valence-electron chi connectivity index (χ2n) is 4.76. The average Bonchev–Trinajstić information content (AvgIpc) is 2.45. The monoisotopic (exact) mass is 280 g/mol. The van der Waals surface area contributed by atoms with Crippen molar-refractivity contribution in [3.8, 4) is 0 Å². The average molecular weight is 280 g/mol. The van der Waals surface area contributed by atoms with Crippen LogP contribution in [-0.4, -0.2) is 59.5 Å². The quantitative estimate of drug-likeness (QED) is 0.896. The highest BCUT2D eigenvalue weighted by atomic mass is 19.1. The molecule has 5 nitrogen and oxygen atoms in total. The Morgan fingerprint density at radius 3 is 2.40 bits per heavy atom. The predicted molar refractivity (Wildman–Crippen MR) is 71.0 cm³/mol. The fourth-order valence-electron chi connectivity index (χ4n) is 2.23. The first-order chi connectivity index (χ1) is 9.58. The third-order valence-electron chi connectivity index (χ3n) is 3.41. The smallest absolute Gasteiger partial charge is 0.304 e. The van der Waals surface area contributed by atoms with Crippen LogP contribution in [0.3, 0.4) is 0 Å². The van der Waals surface area contributed by atoms with Crippen molar-refractivity contribution in [2.24, 2.45) is 0 Å². The lowest BCUT2D eigenvalue weighted by molar-refractivity contribution is -0.137. The van der Waals surface area contributed by atoms with Gasteiger partial charge in [0.25, 0.3) is 5.91 Å². The Bertz CT molecular complexity index is 499. The summed E-state index contributed by atoms with van der Waals surface area (Å²) in [4.78, 5) is 26.3. The molecule has 2 rings (SSSR count). The van der Waals surface area contributed by atoms with Gasteiger partial charge < -0.3 is 10.0 Å². The van der Waals surface area contributed by atoms with Gasteiger partial charge in [0, 0.05) is 32.7 Å². The zero-order chi connectivity index (χ0) is 14.5. The highest BCUT2D eigenvalue weighted by molar-refractivity contribution is 5.94. The van der Waals surface area contributed by atoms with Gasteiger partial charge in [-0.05, 0) is 12.1 Å². The number of rotatable bonds is 4. The van der Waals surface area contributed by atoms with Crippen molar-refractivity contribution in [3.63, 3.8) is 0 Å². The van der Waals surface area contributed by atoms with Crippen molar-refractivity contribution in [3.05, 3.63) is 35.6 Å². The van der Waals surface area contributed by atoms with Crippen molar-refractivity contribution in [2.45, 2.75) is 6.42 Å². The maximum Gasteiger partial charge on any atom is 0.304 e. The minimum atomic E-state index is -0.824. The van der Waals surface area contributed by atoms with E-state index in [-0.39, 0.29) is 17.9 Å². The van der Waals surface area contributed by atoms with Gasteiger partial charge in [0.15, 0.2) is 0 Å². The van der Waals surface area contributed by atoms with E-state index in [0.717, 1.165) is 0 Å². The van der Waals surface area contributed by atoms with Crippen LogP contribution >= 0.6 is 0 Å². The highest BCUT2D eigenvalue weighted by Gasteiger charge is 2.23. The molecule has 1 aliphatic heterocycles. The van der Waals surface area contributed by atoms with E-state index in [9.17, 15) is 14.0 Å². The van der Waals surface area contributed by atoms with Gasteiger partial charge in [-0.15, -0.1) is 0 Å². The lowest BCUT2D eigenvalue weighted by Gasteiger charge is -2.34. The fraction of sp³-hybridized carbons (Fsp3) is 0.429. The molecule has 0 radical (unpaired) electrons. The van der Waals surface area contributed by atoms with Crippen molar-refractivity contribution >= 4 is 11.9 Å². The molecule has 108 valence electrons. The number of carbonyl (C=O) groups is 2. The number of hydrogen-bond acceptors (Lipinski definition) is 3. The Balaban J connectivity index is 1.89. The second-order valence-corrected chi connectivity index (χ2v) is 4.76. The summed E-state index contributed by atoms with van der Waals surface area (Å²) in [6.07, 6.45) is 0.0985. The molecule has 1 amide bonds. The molecule has 1 aromatic carbocycles. The number of carboxylic acids is 1. The molecule has 1 N–H and O–H groups in total. The summed E-state index contributed by atoms with van der Waals surface area (Å²) in [6, 6.07) is 5.94. The molecule has 0 saturated carbocycles. The van der Waals surface area contributed by atoms with E-state index in [4.69, 9.17) is 5.11 Å². The molecule has 6 heteroatoms. The molecule has 1 heterocycles. The molecule has 0 aromatic heterocycles. The molecule has 1 saturated heterocycles. The first kappa shape index (κ1) is 14.5. The molecular formula is C14H17FN2O3. The lowest BCUT2D eigenvalue weighted by atomic mass is 10.1.